The van der Waals surface area contributed by atoms with E-state index in [1.807, 2.05) is 37.2 Å². The number of nitrogens with one attached hydrogen (secondary N) is 1. The first kappa shape index (κ1) is 17.0. The number of amides is 1. The van der Waals surface area contributed by atoms with Gasteiger partial charge in [-0.3, -0.25) is 4.79 Å². The number of nitrogens with zero attached hydrogens (tertiary/aromatic N) is 1. The van der Waals surface area contributed by atoms with Crippen LogP contribution in [0.15, 0.2) is 30.3 Å². The predicted octanol–water partition coefficient (Wildman–Crippen LogP) is 1.93. The van der Waals surface area contributed by atoms with E-state index in [0.29, 0.717) is 13.1 Å². The van der Waals surface area contributed by atoms with Gasteiger partial charge in [0.1, 0.15) is 0 Å². The summed E-state index contributed by atoms with van der Waals surface area (Å²) in [5.41, 5.74) is 0.687. The fourth-order valence-corrected chi connectivity index (χ4v) is 3.43. The average molecular weight is 304 g/mol. The molecule has 1 aliphatic rings. The highest BCUT2D eigenvalue weighted by molar-refractivity contribution is 5.88. The summed E-state index contributed by atoms with van der Waals surface area (Å²) in [5, 5.41) is 12.9. The van der Waals surface area contributed by atoms with Gasteiger partial charge < -0.3 is 15.3 Å². The second-order valence-corrected chi connectivity index (χ2v) is 6.63. The van der Waals surface area contributed by atoms with Gasteiger partial charge in [-0.15, -0.1) is 0 Å². The SMILES string of the molecule is CN(C)C[C@@H](O)CNC(=O)C1(c2ccccc2)CCCCC1. The van der Waals surface area contributed by atoms with E-state index in [4.69, 9.17) is 0 Å². The van der Waals surface area contributed by atoms with Gasteiger partial charge in [-0.1, -0.05) is 49.6 Å². The maximum absolute atomic E-state index is 12.9. The summed E-state index contributed by atoms with van der Waals surface area (Å²) < 4.78 is 0. The van der Waals surface area contributed by atoms with Crippen LogP contribution in [0, 0.1) is 0 Å². The highest BCUT2D eigenvalue weighted by Gasteiger charge is 2.40. The van der Waals surface area contributed by atoms with Gasteiger partial charge in [-0.05, 0) is 32.5 Å². The Morgan fingerprint density at radius 2 is 1.86 bits per heavy atom. The van der Waals surface area contributed by atoms with Crippen molar-refractivity contribution in [1.29, 1.82) is 0 Å². The molecule has 1 fully saturated rings. The Morgan fingerprint density at radius 1 is 1.23 bits per heavy atom. The minimum absolute atomic E-state index is 0.0659. The number of hydrogen-bond acceptors (Lipinski definition) is 3. The number of aliphatic hydroxyl groups excluding tert-OH is 1. The fraction of sp³-hybridized carbons (Fsp3) is 0.611. The van der Waals surface area contributed by atoms with E-state index in [1.165, 1.54) is 6.42 Å². The maximum atomic E-state index is 12.9. The number of benzene rings is 1. The van der Waals surface area contributed by atoms with Crippen molar-refractivity contribution >= 4 is 5.91 Å². The molecule has 2 rings (SSSR count). The van der Waals surface area contributed by atoms with E-state index < -0.39 is 11.5 Å². The third-order valence-electron chi connectivity index (χ3n) is 4.54. The first-order valence-corrected chi connectivity index (χ1v) is 8.21. The van der Waals surface area contributed by atoms with Crippen LogP contribution in [0.4, 0.5) is 0 Å². The molecule has 4 heteroatoms. The van der Waals surface area contributed by atoms with Crippen molar-refractivity contribution in [3.05, 3.63) is 35.9 Å². The van der Waals surface area contributed by atoms with Crippen LogP contribution in [0.5, 0.6) is 0 Å². The molecule has 0 spiro atoms. The smallest absolute Gasteiger partial charge is 0.230 e. The van der Waals surface area contributed by atoms with Crippen LogP contribution in [-0.2, 0) is 10.2 Å². The summed E-state index contributed by atoms with van der Waals surface area (Å²) in [6, 6.07) is 10.1. The van der Waals surface area contributed by atoms with Crippen molar-refractivity contribution in [3.63, 3.8) is 0 Å². The Balaban J connectivity index is 2.07. The van der Waals surface area contributed by atoms with Crippen molar-refractivity contribution in [2.24, 2.45) is 0 Å². The molecule has 2 N–H and O–H groups in total. The molecule has 1 amide bonds. The Labute approximate surface area is 133 Å². The standard InChI is InChI=1S/C18H28N2O2/c1-20(2)14-16(21)13-19-17(22)18(11-7-4-8-12-18)15-9-5-3-6-10-15/h3,5-6,9-10,16,21H,4,7-8,11-14H2,1-2H3,(H,19,22)/t16-/m0/s1. The molecule has 0 radical (unpaired) electrons. The first-order chi connectivity index (χ1) is 10.5. The van der Waals surface area contributed by atoms with E-state index in [9.17, 15) is 9.90 Å². The van der Waals surface area contributed by atoms with E-state index in [1.54, 1.807) is 0 Å². The summed E-state index contributed by atoms with van der Waals surface area (Å²) in [5.74, 6) is 0.0659. The van der Waals surface area contributed by atoms with E-state index in [-0.39, 0.29) is 5.91 Å². The summed E-state index contributed by atoms with van der Waals surface area (Å²) in [7, 11) is 3.83. The zero-order chi connectivity index (χ0) is 16.0. The average Bonchev–Trinajstić information content (AvgIpc) is 2.53. The zero-order valence-electron chi connectivity index (χ0n) is 13.7. The van der Waals surface area contributed by atoms with Crippen LogP contribution in [0.3, 0.4) is 0 Å². The summed E-state index contributed by atoms with van der Waals surface area (Å²) in [6.07, 6.45) is 4.63. The van der Waals surface area contributed by atoms with E-state index >= 15 is 0 Å². The quantitative estimate of drug-likeness (QED) is 0.844. The van der Waals surface area contributed by atoms with Crippen molar-refractivity contribution in [2.75, 3.05) is 27.2 Å². The number of carbonyl (C=O) groups is 1. The molecule has 1 aromatic rings. The molecule has 1 aliphatic carbocycles. The monoisotopic (exact) mass is 304 g/mol. The van der Waals surface area contributed by atoms with Gasteiger partial charge in [0.05, 0.1) is 11.5 Å². The van der Waals surface area contributed by atoms with Gasteiger partial charge in [0.25, 0.3) is 0 Å². The number of aliphatic hydroxyl groups is 1. The summed E-state index contributed by atoms with van der Waals surface area (Å²) in [6.45, 7) is 0.865. The number of hydrogen-bond donors (Lipinski definition) is 2. The molecule has 1 atom stereocenters. The lowest BCUT2D eigenvalue weighted by Gasteiger charge is -2.36. The molecule has 0 unspecified atom stereocenters. The normalized spacial score (nSPS) is 18.9. The molecule has 0 bridgehead atoms. The highest BCUT2D eigenvalue weighted by Crippen LogP contribution is 2.39. The summed E-state index contributed by atoms with van der Waals surface area (Å²) >= 11 is 0. The van der Waals surface area contributed by atoms with Gasteiger partial charge >= 0.3 is 0 Å². The van der Waals surface area contributed by atoms with Crippen molar-refractivity contribution in [1.82, 2.24) is 10.2 Å². The molecular formula is C18H28N2O2. The van der Waals surface area contributed by atoms with E-state index in [0.717, 1.165) is 31.2 Å². The largest absolute Gasteiger partial charge is 0.390 e. The summed E-state index contributed by atoms with van der Waals surface area (Å²) in [4.78, 5) is 14.8. The molecule has 22 heavy (non-hydrogen) atoms. The second kappa shape index (κ2) is 7.75. The van der Waals surface area contributed by atoms with Crippen molar-refractivity contribution < 1.29 is 9.90 Å². The zero-order valence-corrected chi connectivity index (χ0v) is 13.7. The Bertz CT molecular complexity index is 467. The third-order valence-corrected chi connectivity index (χ3v) is 4.54. The van der Waals surface area contributed by atoms with E-state index in [2.05, 4.69) is 17.4 Å². The second-order valence-electron chi connectivity index (χ2n) is 6.63. The Morgan fingerprint density at radius 3 is 2.45 bits per heavy atom. The Hall–Kier alpha value is -1.39. The van der Waals surface area contributed by atoms with Crippen LogP contribution >= 0.6 is 0 Å². The molecule has 0 aliphatic heterocycles. The molecule has 1 aromatic carbocycles. The number of likely N-dealkylation sites (N-methyl/N-ethyl adjacent to an activating group) is 1. The van der Waals surface area contributed by atoms with Crippen LogP contribution in [0.1, 0.15) is 37.7 Å². The Kier molecular flexibility index (Phi) is 5.98. The minimum atomic E-state index is -0.532. The van der Waals surface area contributed by atoms with Gasteiger partial charge in [-0.25, -0.2) is 0 Å². The number of rotatable bonds is 6. The molecule has 4 nitrogen and oxygen atoms in total. The van der Waals surface area contributed by atoms with Gasteiger partial charge in [0, 0.05) is 13.1 Å². The van der Waals surface area contributed by atoms with Crippen LogP contribution < -0.4 is 5.32 Å². The molecule has 0 heterocycles. The third kappa shape index (κ3) is 4.08. The topological polar surface area (TPSA) is 52.6 Å². The van der Waals surface area contributed by atoms with Crippen LogP contribution in [0.25, 0.3) is 0 Å². The minimum Gasteiger partial charge on any atom is -0.390 e. The van der Waals surface area contributed by atoms with Gasteiger partial charge in [0.2, 0.25) is 5.91 Å². The van der Waals surface area contributed by atoms with Crippen molar-refractivity contribution in [3.8, 4) is 0 Å². The lowest BCUT2D eigenvalue weighted by molar-refractivity contribution is -0.128. The molecule has 0 aromatic heterocycles. The number of carbonyl (C=O) groups excluding carboxylic acids is 1. The fourth-order valence-electron chi connectivity index (χ4n) is 3.43. The lowest BCUT2D eigenvalue weighted by atomic mass is 9.68. The molecule has 1 saturated carbocycles. The van der Waals surface area contributed by atoms with Gasteiger partial charge in [0.15, 0.2) is 0 Å². The van der Waals surface area contributed by atoms with Crippen LogP contribution in [0.2, 0.25) is 0 Å². The highest BCUT2D eigenvalue weighted by atomic mass is 16.3. The maximum Gasteiger partial charge on any atom is 0.230 e. The van der Waals surface area contributed by atoms with Gasteiger partial charge in [-0.2, -0.15) is 0 Å². The van der Waals surface area contributed by atoms with Crippen LogP contribution in [-0.4, -0.2) is 49.2 Å². The lowest BCUT2D eigenvalue weighted by Crippen LogP contribution is -2.48. The predicted molar refractivity (Wildman–Crippen MR) is 88.8 cm³/mol. The molecule has 122 valence electrons. The molecule has 0 saturated heterocycles. The van der Waals surface area contributed by atoms with Crippen molar-refractivity contribution in [2.45, 2.75) is 43.6 Å². The molecular weight excluding hydrogens is 276 g/mol. The first-order valence-electron chi connectivity index (χ1n) is 8.21.